The van der Waals surface area contributed by atoms with E-state index < -0.39 is 52.4 Å². The lowest BCUT2D eigenvalue weighted by Crippen LogP contribution is -2.69. The minimum Gasteiger partial charge on any atom is -0.390 e. The first-order chi connectivity index (χ1) is 13.0. The third-order valence-corrected chi connectivity index (χ3v) is 8.79. The molecule has 3 fully saturated rings. The van der Waals surface area contributed by atoms with Crippen molar-refractivity contribution in [2.24, 2.45) is 28.6 Å². The van der Waals surface area contributed by atoms with E-state index in [9.17, 15) is 24.9 Å². The second kappa shape index (κ2) is 5.83. The standard InChI is InChI=1S/C22H29FO5/c1-12-8-16-15-5-4-13-9-14(25)6-7-19(13,2)21(15,23)17(26)10-20(16,3)22(12,28)18(27)11-24/h6-7,9,12,15-17,24,26,28H,4-5,8,10-11H2,1-3H3/t12?,15?,16?,17-,19-,20-,21?,22-/m0/s1. The van der Waals surface area contributed by atoms with Gasteiger partial charge in [-0.15, -0.1) is 0 Å². The van der Waals surface area contributed by atoms with Crippen molar-refractivity contribution in [3.8, 4) is 0 Å². The monoisotopic (exact) mass is 392 g/mol. The summed E-state index contributed by atoms with van der Waals surface area (Å²) in [5.74, 6) is -2.12. The van der Waals surface area contributed by atoms with E-state index in [2.05, 4.69) is 0 Å². The summed E-state index contributed by atoms with van der Waals surface area (Å²) in [6.07, 6.45) is 4.44. The lowest BCUT2D eigenvalue weighted by molar-refractivity contribution is -0.219. The van der Waals surface area contributed by atoms with E-state index in [1.807, 2.05) is 0 Å². The van der Waals surface area contributed by atoms with Gasteiger partial charge in [0.05, 0.1) is 6.10 Å². The fourth-order valence-corrected chi connectivity index (χ4v) is 7.26. The number of allylic oxidation sites excluding steroid dienone is 4. The molecule has 3 N–H and O–H groups in total. The third-order valence-electron chi connectivity index (χ3n) is 8.79. The molecule has 28 heavy (non-hydrogen) atoms. The van der Waals surface area contributed by atoms with Gasteiger partial charge in [0.25, 0.3) is 0 Å². The number of aliphatic hydroxyl groups excluding tert-OH is 2. The predicted octanol–water partition coefficient (Wildman–Crippen LogP) is 1.90. The Balaban J connectivity index is 1.84. The minimum atomic E-state index is -1.98. The Morgan fingerprint density at radius 2 is 2.00 bits per heavy atom. The van der Waals surface area contributed by atoms with Crippen molar-refractivity contribution in [2.75, 3.05) is 6.61 Å². The highest BCUT2D eigenvalue weighted by Crippen LogP contribution is 2.70. The van der Waals surface area contributed by atoms with Crippen molar-refractivity contribution in [3.63, 3.8) is 0 Å². The Morgan fingerprint density at radius 3 is 2.64 bits per heavy atom. The third kappa shape index (κ3) is 2.01. The van der Waals surface area contributed by atoms with Crippen LogP contribution < -0.4 is 0 Å². The molecule has 8 atom stereocenters. The molecule has 0 bridgehead atoms. The fraction of sp³-hybridized carbons (Fsp3) is 0.727. The summed E-state index contributed by atoms with van der Waals surface area (Å²) in [6.45, 7) is 4.48. The maximum absolute atomic E-state index is 16.9. The van der Waals surface area contributed by atoms with E-state index in [1.165, 1.54) is 12.2 Å². The molecule has 3 saturated carbocycles. The maximum Gasteiger partial charge on any atom is 0.190 e. The topological polar surface area (TPSA) is 94.8 Å². The van der Waals surface area contributed by atoms with Gasteiger partial charge in [-0.25, -0.2) is 4.39 Å². The number of aliphatic hydroxyl groups is 3. The molecular formula is C22H29FO5. The average Bonchev–Trinajstić information content (AvgIpc) is 2.84. The van der Waals surface area contributed by atoms with Crippen molar-refractivity contribution in [3.05, 3.63) is 23.8 Å². The average molecular weight is 392 g/mol. The van der Waals surface area contributed by atoms with Gasteiger partial charge in [0.15, 0.2) is 17.2 Å². The smallest absolute Gasteiger partial charge is 0.190 e. The molecule has 0 spiro atoms. The molecule has 154 valence electrons. The molecule has 0 saturated heterocycles. The van der Waals surface area contributed by atoms with Crippen molar-refractivity contribution in [1.29, 1.82) is 0 Å². The first kappa shape index (κ1) is 19.9. The number of ketones is 2. The molecule has 0 amide bonds. The van der Waals surface area contributed by atoms with Crippen molar-refractivity contribution < 1.29 is 29.3 Å². The van der Waals surface area contributed by atoms with Gasteiger partial charge in [0.1, 0.15) is 12.2 Å². The van der Waals surface area contributed by atoms with Crippen LogP contribution in [0.15, 0.2) is 23.8 Å². The molecule has 0 heterocycles. The van der Waals surface area contributed by atoms with Gasteiger partial charge >= 0.3 is 0 Å². The molecule has 4 unspecified atom stereocenters. The van der Waals surface area contributed by atoms with E-state index in [0.717, 1.165) is 0 Å². The Kier molecular flexibility index (Phi) is 4.15. The Labute approximate surface area is 164 Å². The molecule has 0 radical (unpaired) electrons. The number of halogens is 1. The van der Waals surface area contributed by atoms with Gasteiger partial charge in [-0.1, -0.05) is 25.5 Å². The van der Waals surface area contributed by atoms with Gasteiger partial charge in [0, 0.05) is 16.7 Å². The van der Waals surface area contributed by atoms with Crippen LogP contribution in [0.25, 0.3) is 0 Å². The van der Waals surface area contributed by atoms with Crippen LogP contribution in [0, 0.1) is 28.6 Å². The zero-order chi connectivity index (χ0) is 20.7. The molecule has 4 aliphatic rings. The zero-order valence-corrected chi connectivity index (χ0v) is 16.6. The van der Waals surface area contributed by atoms with E-state index in [4.69, 9.17) is 0 Å². The Hall–Kier alpha value is -1.37. The highest BCUT2D eigenvalue weighted by Gasteiger charge is 2.75. The minimum absolute atomic E-state index is 0.0676. The number of carbonyl (C=O) groups excluding carboxylic acids is 2. The number of rotatable bonds is 2. The van der Waals surface area contributed by atoms with E-state index in [1.54, 1.807) is 26.8 Å². The molecule has 4 aliphatic carbocycles. The molecular weight excluding hydrogens is 363 g/mol. The number of hydrogen-bond acceptors (Lipinski definition) is 5. The number of alkyl halides is 1. The summed E-state index contributed by atoms with van der Waals surface area (Å²) in [7, 11) is 0. The lowest BCUT2D eigenvalue weighted by Gasteiger charge is -2.62. The molecule has 0 aliphatic heterocycles. The molecule has 4 rings (SSSR count). The van der Waals surface area contributed by atoms with Crippen LogP contribution in [0.5, 0.6) is 0 Å². The van der Waals surface area contributed by atoms with Crippen LogP contribution in [-0.4, -0.2) is 50.9 Å². The second-order valence-corrected chi connectivity index (χ2v) is 9.75. The summed E-state index contributed by atoms with van der Waals surface area (Å²) in [5.41, 5.74) is -5.17. The second-order valence-electron chi connectivity index (χ2n) is 9.75. The largest absolute Gasteiger partial charge is 0.390 e. The number of hydrogen-bond donors (Lipinski definition) is 3. The first-order valence-corrected chi connectivity index (χ1v) is 10.1. The van der Waals surface area contributed by atoms with E-state index in [0.29, 0.717) is 24.8 Å². The van der Waals surface area contributed by atoms with E-state index >= 15 is 4.39 Å². The predicted molar refractivity (Wildman–Crippen MR) is 99.9 cm³/mol. The molecule has 6 heteroatoms. The van der Waals surface area contributed by atoms with Crippen LogP contribution in [-0.2, 0) is 9.59 Å². The summed E-state index contributed by atoms with van der Waals surface area (Å²) in [4.78, 5) is 24.4. The Bertz CT molecular complexity index is 805. The molecule has 0 aromatic heterocycles. The summed E-state index contributed by atoms with van der Waals surface area (Å²) < 4.78 is 16.9. The molecule has 0 aromatic carbocycles. The summed E-state index contributed by atoms with van der Waals surface area (Å²) >= 11 is 0. The van der Waals surface area contributed by atoms with Crippen LogP contribution >= 0.6 is 0 Å². The SMILES string of the molecule is CC1CC2C3CCC4=CC(=O)C=C[C@]4(C)C3(F)[C@@H](O)C[C@]2(C)[C@@]1(O)C(=O)CO. The number of Topliss-reactive ketones (excluding diaryl/α,β-unsaturated/α-hetero) is 1. The van der Waals surface area contributed by atoms with Crippen molar-refractivity contribution in [2.45, 2.75) is 63.8 Å². The first-order valence-electron chi connectivity index (χ1n) is 10.1. The maximum atomic E-state index is 16.9. The summed E-state index contributed by atoms with van der Waals surface area (Å²) in [5, 5.41) is 32.0. The van der Waals surface area contributed by atoms with Crippen molar-refractivity contribution in [1.82, 2.24) is 0 Å². The molecule has 5 nitrogen and oxygen atoms in total. The molecule has 0 aromatic rings. The van der Waals surface area contributed by atoms with Gasteiger partial charge in [-0.2, -0.15) is 0 Å². The Morgan fingerprint density at radius 1 is 1.32 bits per heavy atom. The van der Waals surface area contributed by atoms with Gasteiger partial charge in [-0.3, -0.25) is 9.59 Å². The van der Waals surface area contributed by atoms with Crippen LogP contribution in [0.4, 0.5) is 4.39 Å². The van der Waals surface area contributed by atoms with Gasteiger partial charge in [-0.05, 0) is 56.6 Å². The lowest BCUT2D eigenvalue weighted by atomic mass is 9.44. The van der Waals surface area contributed by atoms with Crippen LogP contribution in [0.3, 0.4) is 0 Å². The number of carbonyl (C=O) groups is 2. The number of fused-ring (bicyclic) bond motifs is 5. The summed E-state index contributed by atoms with van der Waals surface area (Å²) in [6, 6.07) is 0. The van der Waals surface area contributed by atoms with Gasteiger partial charge < -0.3 is 15.3 Å². The highest BCUT2D eigenvalue weighted by atomic mass is 19.1. The zero-order valence-electron chi connectivity index (χ0n) is 16.6. The van der Waals surface area contributed by atoms with Crippen LogP contribution in [0.2, 0.25) is 0 Å². The quantitative estimate of drug-likeness (QED) is 0.667. The normalized spacial score (nSPS) is 52.5. The van der Waals surface area contributed by atoms with Crippen molar-refractivity contribution >= 4 is 11.6 Å². The van der Waals surface area contributed by atoms with E-state index in [-0.39, 0.29) is 18.1 Å². The van der Waals surface area contributed by atoms with Crippen LogP contribution in [0.1, 0.15) is 46.5 Å². The highest BCUT2D eigenvalue weighted by molar-refractivity contribution is 6.01. The van der Waals surface area contributed by atoms with Gasteiger partial charge in [0.2, 0.25) is 0 Å². The fourth-order valence-electron chi connectivity index (χ4n) is 7.26.